The highest BCUT2D eigenvalue weighted by atomic mass is 32.1. The minimum atomic E-state index is 0.440. The monoisotopic (exact) mass is 292 g/mol. The van der Waals surface area contributed by atoms with Crippen molar-refractivity contribution in [2.24, 2.45) is 11.7 Å². The molecule has 2 N–H and O–H groups in total. The van der Waals surface area contributed by atoms with Crippen LogP contribution in [0.4, 0.5) is 5.82 Å². The van der Waals surface area contributed by atoms with Crippen LogP contribution in [0.2, 0.25) is 0 Å². The Kier molecular flexibility index (Phi) is 4.94. The van der Waals surface area contributed by atoms with Crippen LogP contribution in [0.15, 0.2) is 12.1 Å². The van der Waals surface area contributed by atoms with Gasteiger partial charge in [-0.15, -0.1) is 0 Å². The van der Waals surface area contributed by atoms with E-state index in [9.17, 15) is 0 Å². The van der Waals surface area contributed by atoms with Crippen molar-refractivity contribution in [1.82, 2.24) is 9.88 Å². The van der Waals surface area contributed by atoms with E-state index >= 15 is 0 Å². The van der Waals surface area contributed by atoms with Crippen LogP contribution >= 0.6 is 12.2 Å². The lowest BCUT2D eigenvalue weighted by atomic mass is 10.2. The number of aromatic nitrogens is 1. The third-order valence-corrected chi connectivity index (χ3v) is 3.78. The van der Waals surface area contributed by atoms with Gasteiger partial charge < -0.3 is 10.6 Å². The lowest BCUT2D eigenvalue weighted by molar-refractivity contribution is 0.231. The molecule has 2 heterocycles. The van der Waals surface area contributed by atoms with Gasteiger partial charge in [-0.1, -0.05) is 26.1 Å². The Morgan fingerprint density at radius 3 is 2.50 bits per heavy atom. The number of pyridine rings is 1. The topological polar surface area (TPSA) is 45.4 Å². The molecule has 1 aliphatic rings. The summed E-state index contributed by atoms with van der Waals surface area (Å²) in [4.78, 5) is 9.90. The largest absolute Gasteiger partial charge is 0.389 e. The zero-order valence-corrected chi connectivity index (χ0v) is 13.4. The zero-order chi connectivity index (χ0) is 14.7. The fraction of sp³-hybridized carbons (Fsp3) is 0.600. The third kappa shape index (κ3) is 3.90. The maximum atomic E-state index is 5.73. The van der Waals surface area contributed by atoms with E-state index in [2.05, 4.69) is 28.6 Å². The quantitative estimate of drug-likeness (QED) is 0.858. The molecule has 1 fully saturated rings. The Morgan fingerprint density at radius 1 is 1.30 bits per heavy atom. The standard InChI is InChI=1S/C15H24N4S/c1-11(2)10-18-4-6-19(7-5-18)14-9-13(15(16)20)8-12(3)17-14/h8-9,11H,4-7,10H2,1-3H3,(H2,16,20). The van der Waals surface area contributed by atoms with E-state index in [4.69, 9.17) is 18.0 Å². The summed E-state index contributed by atoms with van der Waals surface area (Å²) in [6.07, 6.45) is 0. The summed E-state index contributed by atoms with van der Waals surface area (Å²) < 4.78 is 0. The molecule has 0 radical (unpaired) electrons. The number of thiocarbonyl (C=S) groups is 1. The molecule has 0 atom stereocenters. The molecule has 1 aromatic heterocycles. The van der Waals surface area contributed by atoms with Crippen LogP contribution in [0, 0.1) is 12.8 Å². The third-order valence-electron chi connectivity index (χ3n) is 3.54. The van der Waals surface area contributed by atoms with E-state index in [1.165, 1.54) is 6.54 Å². The number of piperazine rings is 1. The molecule has 1 saturated heterocycles. The fourth-order valence-electron chi connectivity index (χ4n) is 2.63. The smallest absolute Gasteiger partial charge is 0.129 e. The molecule has 0 bridgehead atoms. The van der Waals surface area contributed by atoms with Gasteiger partial charge in [0.15, 0.2) is 0 Å². The van der Waals surface area contributed by atoms with Crippen LogP contribution in [0.1, 0.15) is 25.1 Å². The molecule has 20 heavy (non-hydrogen) atoms. The Bertz CT molecular complexity index is 479. The van der Waals surface area contributed by atoms with Crippen LogP contribution in [-0.4, -0.2) is 47.6 Å². The van der Waals surface area contributed by atoms with Crippen molar-refractivity contribution in [1.29, 1.82) is 0 Å². The molecular formula is C15H24N4S. The van der Waals surface area contributed by atoms with Gasteiger partial charge >= 0.3 is 0 Å². The first-order chi connectivity index (χ1) is 9.45. The minimum Gasteiger partial charge on any atom is -0.389 e. The Labute approximate surface area is 127 Å². The van der Waals surface area contributed by atoms with Crippen LogP contribution in [0.3, 0.4) is 0 Å². The van der Waals surface area contributed by atoms with E-state index in [0.717, 1.165) is 49.2 Å². The first kappa shape index (κ1) is 15.2. The Hall–Kier alpha value is -1.20. The second-order valence-electron chi connectivity index (χ2n) is 5.90. The summed E-state index contributed by atoms with van der Waals surface area (Å²) in [5, 5.41) is 0. The van der Waals surface area contributed by atoms with Crippen molar-refractivity contribution in [2.75, 3.05) is 37.6 Å². The van der Waals surface area contributed by atoms with E-state index in [1.807, 2.05) is 19.1 Å². The van der Waals surface area contributed by atoms with E-state index in [-0.39, 0.29) is 0 Å². The van der Waals surface area contributed by atoms with Gasteiger partial charge in [0.25, 0.3) is 0 Å². The van der Waals surface area contributed by atoms with Gasteiger partial charge in [-0.3, -0.25) is 4.90 Å². The summed E-state index contributed by atoms with van der Waals surface area (Å²) in [5.74, 6) is 1.72. The number of nitrogens with two attached hydrogens (primary N) is 1. The molecule has 1 aromatic rings. The SMILES string of the molecule is Cc1cc(C(N)=S)cc(N2CCN(CC(C)C)CC2)n1. The van der Waals surface area contributed by atoms with E-state index < -0.39 is 0 Å². The number of hydrogen-bond acceptors (Lipinski definition) is 4. The van der Waals surface area contributed by atoms with Crippen molar-refractivity contribution in [2.45, 2.75) is 20.8 Å². The summed E-state index contributed by atoms with van der Waals surface area (Å²) in [6, 6.07) is 3.95. The molecule has 5 heteroatoms. The molecule has 0 saturated carbocycles. The molecule has 0 aliphatic carbocycles. The van der Waals surface area contributed by atoms with Crippen LogP contribution in [0.5, 0.6) is 0 Å². The number of hydrogen-bond donors (Lipinski definition) is 1. The van der Waals surface area contributed by atoms with Gasteiger partial charge in [-0.25, -0.2) is 4.98 Å². The van der Waals surface area contributed by atoms with Crippen molar-refractivity contribution in [3.63, 3.8) is 0 Å². The van der Waals surface area contributed by atoms with Gasteiger partial charge in [-0.2, -0.15) is 0 Å². The first-order valence-corrected chi connectivity index (χ1v) is 7.62. The average Bonchev–Trinajstić information content (AvgIpc) is 2.38. The fourth-order valence-corrected chi connectivity index (χ4v) is 2.75. The number of aryl methyl sites for hydroxylation is 1. The number of rotatable bonds is 4. The average molecular weight is 292 g/mol. The lowest BCUT2D eigenvalue weighted by Crippen LogP contribution is -2.47. The van der Waals surface area contributed by atoms with Gasteiger partial charge in [0.1, 0.15) is 10.8 Å². The Morgan fingerprint density at radius 2 is 1.95 bits per heavy atom. The molecule has 4 nitrogen and oxygen atoms in total. The minimum absolute atomic E-state index is 0.440. The molecule has 110 valence electrons. The molecule has 0 amide bonds. The summed E-state index contributed by atoms with van der Waals surface area (Å²) in [5.41, 5.74) is 7.61. The molecule has 1 aliphatic heterocycles. The maximum Gasteiger partial charge on any atom is 0.129 e. The number of anilines is 1. The molecule has 2 rings (SSSR count). The van der Waals surface area contributed by atoms with Crippen molar-refractivity contribution < 1.29 is 0 Å². The van der Waals surface area contributed by atoms with E-state index in [1.54, 1.807) is 0 Å². The van der Waals surface area contributed by atoms with Crippen LogP contribution in [0.25, 0.3) is 0 Å². The number of nitrogens with zero attached hydrogens (tertiary/aromatic N) is 3. The normalized spacial score (nSPS) is 16.7. The molecular weight excluding hydrogens is 268 g/mol. The highest BCUT2D eigenvalue weighted by Crippen LogP contribution is 2.17. The predicted molar refractivity (Wildman–Crippen MR) is 88.4 cm³/mol. The van der Waals surface area contributed by atoms with Crippen molar-refractivity contribution in [3.05, 3.63) is 23.4 Å². The zero-order valence-electron chi connectivity index (χ0n) is 12.6. The highest BCUT2D eigenvalue weighted by molar-refractivity contribution is 7.80. The molecule has 0 aromatic carbocycles. The summed E-state index contributed by atoms with van der Waals surface area (Å²) in [6.45, 7) is 11.9. The van der Waals surface area contributed by atoms with Crippen molar-refractivity contribution in [3.8, 4) is 0 Å². The Balaban J connectivity index is 2.05. The summed E-state index contributed by atoms with van der Waals surface area (Å²) in [7, 11) is 0. The second kappa shape index (κ2) is 6.50. The van der Waals surface area contributed by atoms with E-state index in [0.29, 0.717) is 4.99 Å². The van der Waals surface area contributed by atoms with Crippen molar-refractivity contribution >= 4 is 23.0 Å². The van der Waals surface area contributed by atoms with Crippen LogP contribution < -0.4 is 10.6 Å². The van der Waals surface area contributed by atoms with Gasteiger partial charge in [-0.05, 0) is 25.0 Å². The highest BCUT2D eigenvalue weighted by Gasteiger charge is 2.19. The predicted octanol–water partition coefficient (Wildman–Crippen LogP) is 1.80. The van der Waals surface area contributed by atoms with Gasteiger partial charge in [0, 0.05) is 44.0 Å². The van der Waals surface area contributed by atoms with Crippen LogP contribution in [-0.2, 0) is 0 Å². The summed E-state index contributed by atoms with van der Waals surface area (Å²) >= 11 is 5.07. The first-order valence-electron chi connectivity index (χ1n) is 7.21. The van der Waals surface area contributed by atoms with Gasteiger partial charge in [0.05, 0.1) is 0 Å². The molecule has 0 unspecified atom stereocenters. The lowest BCUT2D eigenvalue weighted by Gasteiger charge is -2.36. The van der Waals surface area contributed by atoms with Gasteiger partial charge in [0.2, 0.25) is 0 Å². The second-order valence-corrected chi connectivity index (χ2v) is 6.34. The molecule has 0 spiro atoms. The maximum absolute atomic E-state index is 5.73.